The van der Waals surface area contributed by atoms with E-state index in [4.69, 9.17) is 5.11 Å². The minimum Gasteiger partial charge on any atom is -0.396 e. The van der Waals surface area contributed by atoms with Gasteiger partial charge in [0.25, 0.3) is 5.91 Å². The maximum Gasteiger partial charge on any atom is 0.254 e. The molecule has 2 N–H and O–H groups in total. The van der Waals surface area contributed by atoms with Crippen LogP contribution in [0.15, 0.2) is 0 Å². The highest BCUT2D eigenvalue weighted by Crippen LogP contribution is 2.22. The zero-order valence-electron chi connectivity index (χ0n) is 9.57. The molecule has 1 rings (SSSR count). The molecule has 0 aliphatic carbocycles. The molecule has 4 nitrogen and oxygen atoms in total. The molecule has 0 radical (unpaired) electrons. The van der Waals surface area contributed by atoms with E-state index in [1.54, 1.807) is 4.90 Å². The van der Waals surface area contributed by atoms with Gasteiger partial charge in [-0.05, 0) is 39.5 Å². The quantitative estimate of drug-likeness (QED) is 0.721. The maximum absolute atomic E-state index is 11.9. The van der Waals surface area contributed by atoms with Crippen molar-refractivity contribution in [1.29, 1.82) is 0 Å². The second-order valence-corrected chi connectivity index (χ2v) is 4.72. The summed E-state index contributed by atoms with van der Waals surface area (Å²) in [6.07, 6.45) is 3.63. The Morgan fingerprint density at radius 1 is 1.47 bits per heavy atom. The molecule has 0 aromatic rings. The summed E-state index contributed by atoms with van der Waals surface area (Å²) in [5, 5.41) is 18.6. The van der Waals surface area contributed by atoms with Gasteiger partial charge in [-0.3, -0.25) is 4.79 Å². The standard InChI is InChI=1S/C11H21NO3/c1-11(2,15)10(14)12-7-4-3-5-9(12)6-8-13/h9,13,15H,3-8H2,1-2H3. The van der Waals surface area contributed by atoms with Crippen LogP contribution in [0.3, 0.4) is 0 Å². The highest BCUT2D eigenvalue weighted by atomic mass is 16.3. The average Bonchev–Trinajstić information content (AvgIpc) is 2.17. The highest BCUT2D eigenvalue weighted by molar-refractivity contribution is 5.84. The SMILES string of the molecule is CC(C)(O)C(=O)N1CCCCC1CCO. The normalized spacial score (nSPS) is 22.9. The molecule has 15 heavy (non-hydrogen) atoms. The van der Waals surface area contributed by atoms with Crippen molar-refractivity contribution in [1.82, 2.24) is 4.90 Å². The van der Waals surface area contributed by atoms with Crippen molar-refractivity contribution < 1.29 is 15.0 Å². The van der Waals surface area contributed by atoms with Gasteiger partial charge in [-0.1, -0.05) is 0 Å². The number of aliphatic hydroxyl groups excluding tert-OH is 1. The van der Waals surface area contributed by atoms with E-state index in [0.29, 0.717) is 13.0 Å². The van der Waals surface area contributed by atoms with Gasteiger partial charge in [-0.2, -0.15) is 0 Å². The fourth-order valence-corrected chi connectivity index (χ4v) is 2.07. The molecule has 1 atom stereocenters. The molecule has 1 heterocycles. The summed E-state index contributed by atoms with van der Waals surface area (Å²) in [7, 11) is 0. The first-order chi connectivity index (χ1) is 6.96. The lowest BCUT2D eigenvalue weighted by molar-refractivity contribution is -0.152. The molecule has 0 spiro atoms. The summed E-state index contributed by atoms with van der Waals surface area (Å²) in [5.74, 6) is -0.222. The van der Waals surface area contributed by atoms with Crippen LogP contribution >= 0.6 is 0 Å². The van der Waals surface area contributed by atoms with Gasteiger partial charge in [-0.15, -0.1) is 0 Å². The smallest absolute Gasteiger partial charge is 0.254 e. The van der Waals surface area contributed by atoms with Gasteiger partial charge >= 0.3 is 0 Å². The fourth-order valence-electron chi connectivity index (χ4n) is 2.07. The summed E-state index contributed by atoms with van der Waals surface area (Å²) in [6.45, 7) is 3.83. The van der Waals surface area contributed by atoms with Crippen molar-refractivity contribution in [3.8, 4) is 0 Å². The van der Waals surface area contributed by atoms with E-state index in [9.17, 15) is 9.90 Å². The number of carbonyl (C=O) groups excluding carboxylic acids is 1. The largest absolute Gasteiger partial charge is 0.396 e. The summed E-state index contributed by atoms with van der Waals surface area (Å²) >= 11 is 0. The minimum absolute atomic E-state index is 0.0975. The van der Waals surface area contributed by atoms with Crippen LogP contribution in [0.4, 0.5) is 0 Å². The first kappa shape index (κ1) is 12.5. The van der Waals surface area contributed by atoms with Gasteiger partial charge in [0.1, 0.15) is 5.60 Å². The molecule has 4 heteroatoms. The van der Waals surface area contributed by atoms with E-state index in [0.717, 1.165) is 19.3 Å². The first-order valence-corrected chi connectivity index (χ1v) is 5.61. The van der Waals surface area contributed by atoms with E-state index in [-0.39, 0.29) is 18.6 Å². The third kappa shape index (κ3) is 3.18. The van der Waals surface area contributed by atoms with Crippen LogP contribution in [-0.4, -0.2) is 45.8 Å². The van der Waals surface area contributed by atoms with Gasteiger partial charge in [0.15, 0.2) is 0 Å². The molecule has 1 unspecified atom stereocenters. The van der Waals surface area contributed by atoms with Crippen LogP contribution < -0.4 is 0 Å². The highest BCUT2D eigenvalue weighted by Gasteiger charge is 2.34. The molecule has 0 bridgehead atoms. The molecule has 88 valence electrons. The molecular formula is C11H21NO3. The van der Waals surface area contributed by atoms with Crippen LogP contribution in [0.5, 0.6) is 0 Å². The molecule has 1 amide bonds. The number of hydrogen-bond donors (Lipinski definition) is 2. The number of piperidine rings is 1. The monoisotopic (exact) mass is 215 g/mol. The second-order valence-electron chi connectivity index (χ2n) is 4.72. The zero-order valence-corrected chi connectivity index (χ0v) is 9.57. The number of hydrogen-bond acceptors (Lipinski definition) is 3. The molecule has 0 saturated carbocycles. The Hall–Kier alpha value is -0.610. The number of likely N-dealkylation sites (tertiary alicyclic amines) is 1. The average molecular weight is 215 g/mol. The number of carbonyl (C=O) groups is 1. The van der Waals surface area contributed by atoms with Crippen LogP contribution in [-0.2, 0) is 4.79 Å². The third-order valence-electron chi connectivity index (χ3n) is 2.87. The molecule has 0 aromatic carbocycles. The predicted octanol–water partition coefficient (Wildman–Crippen LogP) is 0.521. The van der Waals surface area contributed by atoms with E-state index < -0.39 is 5.60 Å². The zero-order chi connectivity index (χ0) is 11.5. The molecule has 0 aromatic heterocycles. The summed E-state index contributed by atoms with van der Waals surface area (Å²) < 4.78 is 0. The first-order valence-electron chi connectivity index (χ1n) is 5.61. The topological polar surface area (TPSA) is 60.8 Å². The lowest BCUT2D eigenvalue weighted by Gasteiger charge is -2.38. The van der Waals surface area contributed by atoms with Crippen LogP contribution in [0.2, 0.25) is 0 Å². The lowest BCUT2D eigenvalue weighted by Crippen LogP contribution is -2.52. The van der Waals surface area contributed by atoms with Gasteiger partial charge in [-0.25, -0.2) is 0 Å². The minimum atomic E-state index is -1.30. The van der Waals surface area contributed by atoms with Crippen molar-refractivity contribution in [3.63, 3.8) is 0 Å². The van der Waals surface area contributed by atoms with Crippen LogP contribution in [0.25, 0.3) is 0 Å². The van der Waals surface area contributed by atoms with Crippen LogP contribution in [0, 0.1) is 0 Å². The van der Waals surface area contributed by atoms with E-state index in [1.807, 2.05) is 0 Å². The molecule has 1 fully saturated rings. The lowest BCUT2D eigenvalue weighted by atomic mass is 9.96. The number of nitrogens with zero attached hydrogens (tertiary/aromatic N) is 1. The summed E-state index contributed by atoms with van der Waals surface area (Å²) in [6, 6.07) is 0.0997. The fraction of sp³-hybridized carbons (Fsp3) is 0.909. The Labute approximate surface area is 90.9 Å². The van der Waals surface area contributed by atoms with Crippen molar-refractivity contribution in [3.05, 3.63) is 0 Å². The molecular weight excluding hydrogens is 194 g/mol. The summed E-state index contributed by atoms with van der Waals surface area (Å²) in [4.78, 5) is 13.6. The van der Waals surface area contributed by atoms with E-state index in [2.05, 4.69) is 0 Å². The maximum atomic E-state index is 11.9. The van der Waals surface area contributed by atoms with E-state index in [1.165, 1.54) is 13.8 Å². The Balaban J connectivity index is 2.67. The van der Waals surface area contributed by atoms with Crippen molar-refractivity contribution in [2.75, 3.05) is 13.2 Å². The molecule has 1 saturated heterocycles. The third-order valence-corrected chi connectivity index (χ3v) is 2.87. The molecule has 1 aliphatic rings. The van der Waals surface area contributed by atoms with Crippen molar-refractivity contribution in [2.45, 2.75) is 51.2 Å². The van der Waals surface area contributed by atoms with Crippen molar-refractivity contribution in [2.24, 2.45) is 0 Å². The van der Waals surface area contributed by atoms with Gasteiger partial charge in [0, 0.05) is 19.2 Å². The van der Waals surface area contributed by atoms with Crippen molar-refractivity contribution >= 4 is 5.91 Å². The van der Waals surface area contributed by atoms with E-state index >= 15 is 0 Å². The van der Waals surface area contributed by atoms with Gasteiger partial charge < -0.3 is 15.1 Å². The predicted molar refractivity (Wildman–Crippen MR) is 57.4 cm³/mol. The summed E-state index contributed by atoms with van der Waals surface area (Å²) in [5.41, 5.74) is -1.30. The number of aliphatic hydroxyl groups is 2. The Kier molecular flexibility index (Phi) is 4.11. The molecule has 1 aliphatic heterocycles. The Morgan fingerprint density at radius 2 is 2.13 bits per heavy atom. The number of rotatable bonds is 3. The van der Waals surface area contributed by atoms with Crippen LogP contribution in [0.1, 0.15) is 39.5 Å². The van der Waals surface area contributed by atoms with Gasteiger partial charge in [0.05, 0.1) is 0 Å². The Morgan fingerprint density at radius 3 is 2.67 bits per heavy atom. The Bertz CT molecular complexity index is 220. The van der Waals surface area contributed by atoms with Gasteiger partial charge in [0.2, 0.25) is 0 Å². The second kappa shape index (κ2) is 4.94. The number of amides is 1.